The molecule has 0 aromatic rings. The van der Waals surface area contributed by atoms with Crippen LogP contribution in [0.5, 0.6) is 0 Å². The first kappa shape index (κ1) is 14.1. The lowest BCUT2D eigenvalue weighted by Gasteiger charge is -2.15. The van der Waals surface area contributed by atoms with E-state index in [1.165, 1.54) is 0 Å². The van der Waals surface area contributed by atoms with Crippen molar-refractivity contribution in [1.82, 2.24) is 0 Å². The molecule has 0 fully saturated rings. The summed E-state index contributed by atoms with van der Waals surface area (Å²) >= 11 is 16.6. The van der Waals surface area contributed by atoms with Crippen LogP contribution in [0.3, 0.4) is 0 Å². The van der Waals surface area contributed by atoms with Gasteiger partial charge in [-0.3, -0.25) is 4.79 Å². The predicted octanol–water partition coefficient (Wildman–Crippen LogP) is 3.80. The van der Waals surface area contributed by atoms with Gasteiger partial charge in [0.1, 0.15) is 0 Å². The average Bonchev–Trinajstić information content (AvgIpc) is 2.01. The smallest absolute Gasteiger partial charge is 0.306 e. The fourth-order valence-corrected chi connectivity index (χ4v) is 1.38. The molecule has 1 unspecified atom stereocenters. The number of halogens is 3. The molecule has 0 aromatic heterocycles. The first-order valence-corrected chi connectivity index (χ1v) is 5.40. The molecular formula is C9H13Cl3O2. The van der Waals surface area contributed by atoms with Crippen LogP contribution in [0.2, 0.25) is 0 Å². The fourth-order valence-electron chi connectivity index (χ4n) is 1.05. The van der Waals surface area contributed by atoms with Crippen LogP contribution in [0.15, 0.2) is 12.7 Å². The second kappa shape index (κ2) is 6.54. The molecule has 0 aromatic carbocycles. The van der Waals surface area contributed by atoms with Gasteiger partial charge in [0.05, 0.1) is 5.92 Å². The maximum Gasteiger partial charge on any atom is 0.306 e. The summed E-state index contributed by atoms with van der Waals surface area (Å²) < 4.78 is -1.36. The number of carboxylic acids is 1. The normalized spacial score (nSPS) is 13.6. The molecule has 0 heterocycles. The minimum atomic E-state index is -1.36. The first-order valence-electron chi connectivity index (χ1n) is 4.27. The van der Waals surface area contributed by atoms with Crippen molar-refractivity contribution in [1.29, 1.82) is 0 Å². The molecule has 1 atom stereocenters. The van der Waals surface area contributed by atoms with Crippen molar-refractivity contribution in [3.63, 3.8) is 0 Å². The zero-order valence-electron chi connectivity index (χ0n) is 7.68. The van der Waals surface area contributed by atoms with Crippen molar-refractivity contribution < 1.29 is 9.90 Å². The van der Waals surface area contributed by atoms with Crippen molar-refractivity contribution in [2.45, 2.75) is 29.5 Å². The van der Waals surface area contributed by atoms with Gasteiger partial charge < -0.3 is 5.11 Å². The molecule has 0 spiro atoms. The molecule has 82 valence electrons. The number of carboxylic acid groups (broad SMARTS) is 1. The van der Waals surface area contributed by atoms with Gasteiger partial charge in [-0.15, -0.1) is 6.58 Å². The molecule has 0 aliphatic rings. The molecule has 0 amide bonds. The number of hydrogen-bond acceptors (Lipinski definition) is 1. The Labute approximate surface area is 98.8 Å². The summed E-state index contributed by atoms with van der Waals surface area (Å²) in [5.41, 5.74) is 0. The highest BCUT2D eigenvalue weighted by Crippen LogP contribution is 2.33. The Morgan fingerprint density at radius 3 is 2.36 bits per heavy atom. The van der Waals surface area contributed by atoms with Crippen molar-refractivity contribution in [2.75, 3.05) is 0 Å². The summed E-state index contributed by atoms with van der Waals surface area (Å²) in [5.74, 6) is -1.30. The van der Waals surface area contributed by atoms with E-state index in [0.717, 1.165) is 0 Å². The monoisotopic (exact) mass is 258 g/mol. The summed E-state index contributed by atoms with van der Waals surface area (Å²) in [6.45, 7) is 3.53. The van der Waals surface area contributed by atoms with Gasteiger partial charge in [-0.2, -0.15) is 0 Å². The highest BCUT2D eigenvalue weighted by Gasteiger charge is 2.24. The molecule has 14 heavy (non-hydrogen) atoms. The van der Waals surface area contributed by atoms with E-state index in [1.807, 2.05) is 0 Å². The molecule has 1 N–H and O–H groups in total. The lowest BCUT2D eigenvalue weighted by atomic mass is 9.98. The minimum absolute atomic E-state index is 0.256. The topological polar surface area (TPSA) is 37.3 Å². The zero-order valence-corrected chi connectivity index (χ0v) is 9.95. The van der Waals surface area contributed by atoms with Gasteiger partial charge in [0, 0.05) is 0 Å². The highest BCUT2D eigenvalue weighted by molar-refractivity contribution is 6.67. The molecule has 2 nitrogen and oxygen atoms in total. The van der Waals surface area contributed by atoms with E-state index < -0.39 is 15.7 Å². The third kappa shape index (κ3) is 7.48. The van der Waals surface area contributed by atoms with Crippen LogP contribution in [0.4, 0.5) is 0 Å². The minimum Gasteiger partial charge on any atom is -0.481 e. The SMILES string of the molecule is C=CCCC(CCC(Cl)(Cl)Cl)C(=O)O. The van der Waals surface area contributed by atoms with Crippen molar-refractivity contribution in [3.05, 3.63) is 12.7 Å². The van der Waals surface area contributed by atoms with Crippen LogP contribution in [0, 0.1) is 5.92 Å². The second-order valence-electron chi connectivity index (χ2n) is 3.06. The number of hydrogen-bond donors (Lipinski definition) is 1. The molecular weight excluding hydrogens is 246 g/mol. The summed E-state index contributed by atoms with van der Waals surface area (Å²) in [7, 11) is 0. The Morgan fingerprint density at radius 2 is 2.00 bits per heavy atom. The summed E-state index contributed by atoms with van der Waals surface area (Å²) in [4.78, 5) is 10.8. The van der Waals surface area contributed by atoms with Gasteiger partial charge in [0.25, 0.3) is 0 Å². The van der Waals surface area contributed by atoms with E-state index in [0.29, 0.717) is 19.3 Å². The third-order valence-corrected chi connectivity index (χ3v) is 2.41. The molecule has 0 bridgehead atoms. The quantitative estimate of drug-likeness (QED) is 0.582. The van der Waals surface area contributed by atoms with Crippen LogP contribution in [0.1, 0.15) is 25.7 Å². The van der Waals surface area contributed by atoms with Crippen molar-refractivity contribution >= 4 is 40.8 Å². The van der Waals surface area contributed by atoms with E-state index in [1.54, 1.807) is 6.08 Å². The Hall–Kier alpha value is 0.0800. The Bertz CT molecular complexity index is 199. The highest BCUT2D eigenvalue weighted by atomic mass is 35.6. The van der Waals surface area contributed by atoms with Gasteiger partial charge >= 0.3 is 5.97 Å². The Morgan fingerprint density at radius 1 is 1.43 bits per heavy atom. The second-order valence-corrected chi connectivity index (χ2v) is 5.57. The first-order chi connectivity index (χ1) is 6.37. The van der Waals surface area contributed by atoms with Crippen LogP contribution < -0.4 is 0 Å². The van der Waals surface area contributed by atoms with Crippen molar-refractivity contribution in [2.24, 2.45) is 5.92 Å². The average molecular weight is 260 g/mol. The molecule has 0 saturated carbocycles. The van der Waals surface area contributed by atoms with Gasteiger partial charge in [0.2, 0.25) is 0 Å². The molecule has 0 radical (unpaired) electrons. The van der Waals surface area contributed by atoms with Crippen LogP contribution in [-0.2, 0) is 4.79 Å². The summed E-state index contributed by atoms with van der Waals surface area (Å²) in [5, 5.41) is 8.83. The van der Waals surface area contributed by atoms with E-state index in [4.69, 9.17) is 39.9 Å². The number of aliphatic carboxylic acids is 1. The Kier molecular flexibility index (Phi) is 6.58. The standard InChI is InChI=1S/C9H13Cl3O2/c1-2-3-4-7(8(13)14)5-6-9(10,11)12/h2,7H,1,3-6H2,(H,13,14). The van der Waals surface area contributed by atoms with Gasteiger partial charge in [-0.1, -0.05) is 40.9 Å². The maximum atomic E-state index is 10.8. The number of alkyl halides is 3. The zero-order chi connectivity index (χ0) is 11.2. The number of carbonyl (C=O) groups is 1. The summed E-state index contributed by atoms with van der Waals surface area (Å²) in [6.07, 6.45) is 3.52. The maximum absolute atomic E-state index is 10.8. The van der Waals surface area contributed by atoms with E-state index in [-0.39, 0.29) is 6.42 Å². The fraction of sp³-hybridized carbons (Fsp3) is 0.667. The third-order valence-electron chi connectivity index (χ3n) is 1.84. The molecule has 0 aliphatic carbocycles. The lowest BCUT2D eigenvalue weighted by molar-refractivity contribution is -0.142. The Balaban J connectivity index is 3.97. The van der Waals surface area contributed by atoms with E-state index in [9.17, 15) is 4.79 Å². The summed E-state index contributed by atoms with van der Waals surface area (Å²) in [6, 6.07) is 0. The van der Waals surface area contributed by atoms with Gasteiger partial charge in [-0.05, 0) is 25.7 Å². The molecule has 0 saturated heterocycles. The van der Waals surface area contributed by atoms with Crippen LogP contribution in [-0.4, -0.2) is 14.9 Å². The number of rotatable bonds is 6. The van der Waals surface area contributed by atoms with Gasteiger partial charge in [-0.25, -0.2) is 0 Å². The number of allylic oxidation sites excluding steroid dienone is 1. The van der Waals surface area contributed by atoms with E-state index in [2.05, 4.69) is 6.58 Å². The van der Waals surface area contributed by atoms with Crippen LogP contribution in [0.25, 0.3) is 0 Å². The molecule has 0 aliphatic heterocycles. The predicted molar refractivity (Wildman–Crippen MR) is 60.1 cm³/mol. The van der Waals surface area contributed by atoms with E-state index >= 15 is 0 Å². The van der Waals surface area contributed by atoms with Gasteiger partial charge in [0.15, 0.2) is 3.79 Å². The van der Waals surface area contributed by atoms with Crippen LogP contribution >= 0.6 is 34.8 Å². The van der Waals surface area contributed by atoms with Crippen molar-refractivity contribution in [3.8, 4) is 0 Å². The molecule has 0 rings (SSSR count). The largest absolute Gasteiger partial charge is 0.481 e. The lowest BCUT2D eigenvalue weighted by Crippen LogP contribution is -2.16. The molecule has 5 heteroatoms.